The summed E-state index contributed by atoms with van der Waals surface area (Å²) in [6.45, 7) is 4.38. The van der Waals surface area contributed by atoms with Crippen molar-refractivity contribution in [3.8, 4) is 0 Å². The van der Waals surface area contributed by atoms with Gasteiger partial charge < -0.3 is 14.6 Å². The average Bonchev–Trinajstić information content (AvgIpc) is 2.87. The molecule has 0 aliphatic heterocycles. The quantitative estimate of drug-likeness (QED) is 0.142. The van der Waals surface area contributed by atoms with Crippen molar-refractivity contribution in [1.29, 1.82) is 0 Å². The summed E-state index contributed by atoms with van der Waals surface area (Å²) in [5.74, 6) is -1.40. The van der Waals surface area contributed by atoms with Crippen LogP contribution in [0.25, 0.3) is 0 Å². The fourth-order valence-corrected chi connectivity index (χ4v) is 4.55. The van der Waals surface area contributed by atoms with Crippen molar-refractivity contribution in [2.24, 2.45) is 5.92 Å². The molecule has 200 valence electrons. The summed E-state index contributed by atoms with van der Waals surface area (Å²) in [5, 5.41) is 10.8. The summed E-state index contributed by atoms with van der Waals surface area (Å²) in [6, 6.07) is 8.81. The maximum Gasteiger partial charge on any atom is 0.338 e. The van der Waals surface area contributed by atoms with Crippen LogP contribution in [0.2, 0.25) is 0 Å². The molecule has 1 rings (SSSR count). The van der Waals surface area contributed by atoms with E-state index in [9.17, 15) is 14.7 Å². The van der Waals surface area contributed by atoms with Crippen LogP contribution in [-0.2, 0) is 14.3 Å². The molecule has 5 heteroatoms. The lowest BCUT2D eigenvalue weighted by Gasteiger charge is -2.27. The molecule has 0 unspecified atom stereocenters. The van der Waals surface area contributed by atoms with E-state index in [1.165, 1.54) is 52.1 Å². The predicted molar refractivity (Wildman–Crippen MR) is 142 cm³/mol. The Bertz CT molecular complexity index is 660. The first-order valence-electron chi connectivity index (χ1n) is 14.0. The van der Waals surface area contributed by atoms with Crippen molar-refractivity contribution in [1.82, 2.24) is 0 Å². The summed E-state index contributed by atoms with van der Waals surface area (Å²) in [4.78, 5) is 25.4. The van der Waals surface area contributed by atoms with E-state index < -0.39 is 24.1 Å². The van der Waals surface area contributed by atoms with Crippen LogP contribution < -0.4 is 0 Å². The van der Waals surface area contributed by atoms with Crippen molar-refractivity contribution in [3.63, 3.8) is 0 Å². The van der Waals surface area contributed by atoms with Crippen LogP contribution in [0.5, 0.6) is 0 Å². The standard InChI is InChI=1S/C30H50O5/c1-4-6-8-10-11-12-13-14-18-22-26(31)24-28(35-29(32)25-20-16-15-17-21-25)27(30(33)34-3)23-19-9-7-5-2/h15-17,20-21,26-28,31H,4-14,18-19,22-24H2,1-3H3/t26-,27+,28+/m1/s1. The summed E-state index contributed by atoms with van der Waals surface area (Å²) < 4.78 is 10.9. The van der Waals surface area contributed by atoms with Crippen molar-refractivity contribution < 1.29 is 24.2 Å². The molecule has 0 amide bonds. The number of unbranched alkanes of at least 4 members (excludes halogenated alkanes) is 11. The third-order valence-electron chi connectivity index (χ3n) is 6.73. The van der Waals surface area contributed by atoms with Crippen LogP contribution in [0.15, 0.2) is 30.3 Å². The Labute approximate surface area is 214 Å². The highest BCUT2D eigenvalue weighted by molar-refractivity contribution is 5.89. The largest absolute Gasteiger partial charge is 0.469 e. The highest BCUT2D eigenvalue weighted by Gasteiger charge is 2.33. The summed E-state index contributed by atoms with van der Waals surface area (Å²) in [6.07, 6.45) is 15.3. The second kappa shape index (κ2) is 20.3. The number of methoxy groups -OCH3 is 1. The number of hydrogen-bond acceptors (Lipinski definition) is 5. The Kier molecular flexibility index (Phi) is 18.1. The molecule has 0 aliphatic rings. The van der Waals surface area contributed by atoms with Crippen molar-refractivity contribution >= 4 is 11.9 Å². The zero-order valence-corrected chi connectivity index (χ0v) is 22.5. The van der Waals surface area contributed by atoms with Gasteiger partial charge in [0.15, 0.2) is 0 Å². The van der Waals surface area contributed by atoms with Gasteiger partial charge in [-0.05, 0) is 25.0 Å². The van der Waals surface area contributed by atoms with Gasteiger partial charge in [-0.15, -0.1) is 0 Å². The number of benzene rings is 1. The summed E-state index contributed by atoms with van der Waals surface area (Å²) in [7, 11) is 1.37. The average molecular weight is 491 g/mol. The smallest absolute Gasteiger partial charge is 0.338 e. The molecule has 3 atom stereocenters. The molecule has 1 aromatic rings. The summed E-state index contributed by atoms with van der Waals surface area (Å²) >= 11 is 0. The van der Waals surface area contributed by atoms with Crippen LogP contribution in [-0.4, -0.2) is 36.4 Å². The first kappa shape index (κ1) is 31.2. The molecule has 1 N–H and O–H groups in total. The van der Waals surface area contributed by atoms with E-state index in [1.807, 2.05) is 6.07 Å². The molecule has 1 aromatic carbocycles. The molecule has 0 spiro atoms. The normalized spacial score (nSPS) is 13.7. The molecule has 0 fully saturated rings. The Morgan fingerprint density at radius 1 is 0.771 bits per heavy atom. The third kappa shape index (κ3) is 14.3. The van der Waals surface area contributed by atoms with E-state index in [0.717, 1.165) is 38.5 Å². The van der Waals surface area contributed by atoms with Gasteiger partial charge in [-0.25, -0.2) is 4.79 Å². The van der Waals surface area contributed by atoms with Gasteiger partial charge in [-0.1, -0.05) is 116 Å². The minimum atomic E-state index is -0.703. The number of hydrogen-bond donors (Lipinski definition) is 1. The van der Waals surface area contributed by atoms with Crippen LogP contribution in [0, 0.1) is 5.92 Å². The fourth-order valence-electron chi connectivity index (χ4n) is 4.55. The number of carbonyl (C=O) groups is 2. The first-order valence-corrected chi connectivity index (χ1v) is 14.0. The number of esters is 2. The van der Waals surface area contributed by atoms with Crippen molar-refractivity contribution in [2.75, 3.05) is 7.11 Å². The van der Waals surface area contributed by atoms with Gasteiger partial charge in [0.25, 0.3) is 0 Å². The lowest BCUT2D eigenvalue weighted by molar-refractivity contribution is -0.150. The minimum Gasteiger partial charge on any atom is -0.469 e. The first-order chi connectivity index (χ1) is 17.0. The molecule has 35 heavy (non-hydrogen) atoms. The minimum absolute atomic E-state index is 0.253. The van der Waals surface area contributed by atoms with Gasteiger partial charge in [0.05, 0.1) is 24.7 Å². The number of ether oxygens (including phenoxy) is 2. The topological polar surface area (TPSA) is 72.8 Å². The fraction of sp³-hybridized carbons (Fsp3) is 0.733. The van der Waals surface area contributed by atoms with Gasteiger partial charge in [-0.2, -0.15) is 0 Å². The Morgan fingerprint density at radius 2 is 1.29 bits per heavy atom. The third-order valence-corrected chi connectivity index (χ3v) is 6.73. The second-order valence-corrected chi connectivity index (χ2v) is 9.80. The molecule has 5 nitrogen and oxygen atoms in total. The highest BCUT2D eigenvalue weighted by atomic mass is 16.6. The Hall–Kier alpha value is -1.88. The van der Waals surface area contributed by atoms with Gasteiger partial charge in [0, 0.05) is 6.42 Å². The zero-order chi connectivity index (χ0) is 25.7. The predicted octanol–water partition coefficient (Wildman–Crippen LogP) is 7.64. The molecule has 0 saturated heterocycles. The van der Waals surface area contributed by atoms with Crippen molar-refractivity contribution in [2.45, 2.75) is 129 Å². The van der Waals surface area contributed by atoms with E-state index >= 15 is 0 Å². The molecule has 0 aromatic heterocycles. The maximum atomic E-state index is 12.8. The van der Waals surface area contributed by atoms with Crippen LogP contribution >= 0.6 is 0 Å². The lowest BCUT2D eigenvalue weighted by atomic mass is 9.90. The molecule has 0 radical (unpaired) electrons. The van der Waals surface area contributed by atoms with Gasteiger partial charge in [-0.3, -0.25) is 4.79 Å². The molecular formula is C30H50O5. The van der Waals surface area contributed by atoms with Crippen LogP contribution in [0.4, 0.5) is 0 Å². The lowest BCUT2D eigenvalue weighted by Crippen LogP contribution is -2.36. The molecule has 0 heterocycles. The number of carbonyl (C=O) groups excluding carboxylic acids is 2. The Morgan fingerprint density at radius 3 is 1.86 bits per heavy atom. The van der Waals surface area contributed by atoms with E-state index in [-0.39, 0.29) is 12.4 Å². The van der Waals surface area contributed by atoms with Crippen LogP contribution in [0.3, 0.4) is 0 Å². The monoisotopic (exact) mass is 490 g/mol. The number of rotatable bonds is 21. The number of aliphatic hydroxyl groups excluding tert-OH is 1. The molecule has 0 saturated carbocycles. The van der Waals surface area contributed by atoms with Gasteiger partial charge in [0.1, 0.15) is 6.10 Å². The highest BCUT2D eigenvalue weighted by Crippen LogP contribution is 2.25. The molecule has 0 aliphatic carbocycles. The second-order valence-electron chi connectivity index (χ2n) is 9.80. The maximum absolute atomic E-state index is 12.8. The number of aliphatic hydroxyl groups is 1. The van der Waals surface area contributed by atoms with Crippen molar-refractivity contribution in [3.05, 3.63) is 35.9 Å². The van der Waals surface area contributed by atoms with Gasteiger partial charge in [0.2, 0.25) is 0 Å². The van der Waals surface area contributed by atoms with E-state index in [4.69, 9.17) is 9.47 Å². The molecular weight excluding hydrogens is 440 g/mol. The van der Waals surface area contributed by atoms with Gasteiger partial charge >= 0.3 is 11.9 Å². The summed E-state index contributed by atoms with van der Waals surface area (Å²) in [5.41, 5.74) is 0.445. The Balaban J connectivity index is 2.66. The molecule has 0 bridgehead atoms. The van der Waals surface area contributed by atoms with Crippen LogP contribution in [0.1, 0.15) is 127 Å². The van der Waals surface area contributed by atoms with E-state index in [2.05, 4.69) is 13.8 Å². The van der Waals surface area contributed by atoms with E-state index in [0.29, 0.717) is 18.4 Å². The zero-order valence-electron chi connectivity index (χ0n) is 22.5. The SMILES string of the molecule is CCCCCCCCCCC[C@@H](O)C[C@H](OC(=O)c1ccccc1)[C@H](CCCCCC)C(=O)OC. The van der Waals surface area contributed by atoms with E-state index in [1.54, 1.807) is 24.3 Å².